The van der Waals surface area contributed by atoms with Gasteiger partial charge in [-0.15, -0.1) is 0 Å². The molecule has 0 amide bonds. The van der Waals surface area contributed by atoms with E-state index in [1.807, 2.05) is 6.07 Å². The number of fused-ring (bicyclic) bond motifs is 15. The van der Waals surface area contributed by atoms with Crippen molar-refractivity contribution in [3.8, 4) is 17.4 Å². The second kappa shape index (κ2) is 15.4. The van der Waals surface area contributed by atoms with Crippen LogP contribution >= 0.6 is 0 Å². The summed E-state index contributed by atoms with van der Waals surface area (Å²) >= 11 is 0. The number of aromatic nitrogens is 2. The lowest BCUT2D eigenvalue weighted by molar-refractivity contribution is 0.590. The van der Waals surface area contributed by atoms with Gasteiger partial charge in [0, 0.05) is 66.8 Å². The Balaban J connectivity index is 1.23. The Morgan fingerprint density at radius 3 is 1.62 bits per heavy atom. The molecule has 0 fully saturated rings. The van der Waals surface area contributed by atoms with Crippen LogP contribution in [0.1, 0.15) is 147 Å². The highest BCUT2D eigenvalue weighted by Gasteiger charge is 2.47. The van der Waals surface area contributed by atoms with E-state index in [9.17, 15) is 35.4 Å². The molecule has 0 unspecified atom stereocenters. The minimum atomic E-state index is -1.99. The van der Waals surface area contributed by atoms with Gasteiger partial charge in [-0.05, 0) is 157 Å². The van der Waals surface area contributed by atoms with E-state index in [2.05, 4.69) is 0 Å². The lowest BCUT2D eigenvalue weighted by Gasteiger charge is -2.46. The van der Waals surface area contributed by atoms with E-state index in [4.69, 9.17) is 9.90 Å². The maximum Gasteiger partial charge on any atom is 0.252 e. The molecule has 0 N–H and O–H groups in total. The van der Waals surface area contributed by atoms with E-state index in [1.165, 1.54) is 9.47 Å². The van der Waals surface area contributed by atoms with E-state index >= 15 is 0 Å². The van der Waals surface area contributed by atoms with Crippen LogP contribution in [0.3, 0.4) is 0 Å². The molecule has 380 valence electrons. The van der Waals surface area contributed by atoms with E-state index in [0.717, 1.165) is 9.47 Å². The molecule has 0 saturated heterocycles. The van der Waals surface area contributed by atoms with Gasteiger partial charge in [-0.25, -0.2) is 0 Å². The van der Waals surface area contributed by atoms with Crippen molar-refractivity contribution < 1.29 is 40.1 Å². The van der Waals surface area contributed by atoms with Gasteiger partial charge in [-0.2, -0.15) is 5.26 Å². The van der Waals surface area contributed by atoms with Crippen molar-refractivity contribution in [1.29, 1.82) is 5.26 Å². The van der Waals surface area contributed by atoms with Crippen molar-refractivity contribution in [3.05, 3.63) is 185 Å². The quantitative estimate of drug-likeness (QED) is 0.162. The molecule has 0 radical (unpaired) electrons. The summed E-state index contributed by atoms with van der Waals surface area (Å²) in [5, 5.41) is 10.2. The Kier molecular flexibility index (Phi) is 5.37. The molecule has 0 saturated carbocycles. The number of para-hydroxylation sites is 2. The highest BCUT2D eigenvalue weighted by molar-refractivity contribution is 7.00. The number of furan rings is 1. The first-order valence-electron chi connectivity index (χ1n) is 38.7. The minimum absolute atomic E-state index is 0.0232. The number of anilines is 6. The van der Waals surface area contributed by atoms with Crippen LogP contribution in [-0.2, 0) is 21.7 Å². The van der Waals surface area contributed by atoms with Crippen LogP contribution in [0, 0.1) is 11.3 Å². The number of hydrogen-bond donors (Lipinski definition) is 0. The van der Waals surface area contributed by atoms with Crippen molar-refractivity contribution in [3.63, 3.8) is 0 Å². The molecule has 6 heterocycles. The molecule has 0 aliphatic carbocycles. The number of benzene rings is 9. The van der Waals surface area contributed by atoms with E-state index in [1.54, 1.807) is 83.1 Å². The number of rotatable bonds is 2. The van der Waals surface area contributed by atoms with Crippen LogP contribution in [0.15, 0.2) is 162 Å². The maximum atomic E-state index is 11.7. The zero-order chi connectivity index (χ0) is 76.5. The Bertz CT molecular complexity index is 6180. The zero-order valence-corrected chi connectivity index (χ0v) is 44.7. The molecular formula is C71H62BN5O. The molecule has 3 aromatic heterocycles. The second-order valence-corrected chi connectivity index (χ2v) is 24.4. The molecule has 12 aromatic rings. The van der Waals surface area contributed by atoms with Crippen molar-refractivity contribution in [2.24, 2.45) is 0 Å². The number of nitrogens with zero attached hydrogens (tertiary/aromatic N) is 5. The Hall–Kier alpha value is -8.47. The van der Waals surface area contributed by atoms with Gasteiger partial charge in [-0.3, -0.25) is 0 Å². The van der Waals surface area contributed by atoms with Crippen LogP contribution < -0.4 is 26.2 Å². The lowest BCUT2D eigenvalue weighted by atomic mass is 9.33. The van der Waals surface area contributed by atoms with Crippen molar-refractivity contribution in [2.45, 2.75) is 105 Å². The van der Waals surface area contributed by atoms with E-state index in [-0.39, 0.29) is 89.4 Å². The highest BCUT2D eigenvalue weighted by Crippen LogP contribution is 2.54. The van der Waals surface area contributed by atoms with Crippen LogP contribution in [0.4, 0.5) is 34.1 Å². The van der Waals surface area contributed by atoms with E-state index in [0.29, 0.717) is 0 Å². The molecular weight excluding hydrogens is 950 g/mol. The van der Waals surface area contributed by atoms with Gasteiger partial charge >= 0.3 is 0 Å². The summed E-state index contributed by atoms with van der Waals surface area (Å²) in [5.41, 5.74) is -13.1. The average Bonchev–Trinajstić information content (AvgIpc) is 1.29. The molecule has 0 spiro atoms. The molecule has 15 rings (SSSR count). The van der Waals surface area contributed by atoms with Crippen LogP contribution in [0.2, 0.25) is 0 Å². The lowest BCUT2D eigenvalue weighted by Crippen LogP contribution is -2.61. The first-order valence-corrected chi connectivity index (χ1v) is 25.7. The van der Waals surface area contributed by atoms with Crippen molar-refractivity contribution in [1.82, 2.24) is 9.13 Å². The average molecular weight is 1040 g/mol. The molecule has 3 aliphatic heterocycles. The molecule has 78 heavy (non-hydrogen) atoms. The molecule has 6 nitrogen and oxygen atoms in total. The third kappa shape index (κ3) is 6.44. The predicted molar refractivity (Wildman–Crippen MR) is 329 cm³/mol. The fourth-order valence-electron chi connectivity index (χ4n) is 11.1. The topological polar surface area (TPSA) is 53.3 Å². The summed E-state index contributed by atoms with van der Waals surface area (Å²) in [5.74, 6) is 0. The fraction of sp³-hybridized carbons (Fsp3) is 0.225. The first-order chi connectivity index (χ1) is 48.1. The van der Waals surface area contributed by atoms with Crippen molar-refractivity contribution in [2.75, 3.05) is 9.80 Å². The fourth-order valence-corrected chi connectivity index (χ4v) is 11.1. The van der Waals surface area contributed by atoms with Crippen molar-refractivity contribution >= 4 is 123 Å². The Labute approximate surface area is 493 Å². The Morgan fingerprint density at radius 2 is 0.987 bits per heavy atom. The normalized spacial score (nSPS) is 18.7. The summed E-state index contributed by atoms with van der Waals surface area (Å²) in [4.78, 5) is 2.15. The molecule has 0 bridgehead atoms. The van der Waals surface area contributed by atoms with Gasteiger partial charge in [0.2, 0.25) is 0 Å². The predicted octanol–water partition coefficient (Wildman–Crippen LogP) is 17.2. The molecule has 3 aliphatic rings. The van der Waals surface area contributed by atoms with Gasteiger partial charge in [-0.1, -0.05) is 137 Å². The molecule has 9 aromatic carbocycles. The smallest absolute Gasteiger partial charge is 0.252 e. The van der Waals surface area contributed by atoms with Gasteiger partial charge in [0.15, 0.2) is 0 Å². The third-order valence-corrected chi connectivity index (χ3v) is 15.0. The van der Waals surface area contributed by atoms with Gasteiger partial charge in [0.1, 0.15) is 11.2 Å². The summed E-state index contributed by atoms with van der Waals surface area (Å²) in [7, 11) is 0. The summed E-state index contributed by atoms with van der Waals surface area (Å²) < 4.78 is 268. The van der Waals surface area contributed by atoms with Gasteiger partial charge in [0.25, 0.3) is 6.71 Å². The van der Waals surface area contributed by atoms with E-state index < -0.39 is 251 Å². The second-order valence-electron chi connectivity index (χ2n) is 24.4. The first kappa shape index (κ1) is 27.2. The summed E-state index contributed by atoms with van der Waals surface area (Å²) in [6.07, 6.45) is 0. The number of hydrogen-bond acceptors (Lipinski definition) is 4. The van der Waals surface area contributed by atoms with Crippen LogP contribution in [0.5, 0.6) is 0 Å². The SMILES string of the molecule is [2H]c1c([2H])c2c3c(c1[2H])-n1c4c([2H])c([2H])c(C(C)(C)C)c([2H])c4c4c([2H])c(C(C)(C)C)c([2H])c(c41)N3c1c([2H])c(C#N)c([2H])c3c1B2c1c([2H])c([2H])c(-n2c4c([2H])c([2H])c(C(C)(C)C)c([2H])c4c4c([2H])c(C(C)(C)C)c([2H])c([2H])c42)c([2H])c1N3c1c([2H])c([2H])c2c(oc3c([2H])c([2H])c([2H])c([2H])c32)c1[2H]. The standard InChI is InChI=1S/C71H62BN5O/c1-68(2,3)41-20-27-55-49(32-41)50-33-42(69(4,5)6)21-28-56(50)74(55)45-24-26-53-59(37-45)75(46-23-25-48-47-16-13-14-19-63(47)78-64(48)38-46)60-30-40(39-73)31-61-65(60)72(53)54-17-15-18-58-67(54)77(61)62-36-44(71(10,11)12)35-52-51-34-43(70(7,8)9)22-29-57(51)76(58)66(52)62/h13-38H,1-12H3/i13D,14D,15D,16D,17D,18D,19D,20D,21D,22D,23D,24D,25D,26D,27D,28D,29D,30D,31D,32D,33D,34D,35D,36D,37D,38D. The number of nitriles is 1. The third-order valence-electron chi connectivity index (χ3n) is 15.0. The minimum Gasteiger partial charge on any atom is -0.456 e. The van der Waals surface area contributed by atoms with Gasteiger partial charge in [0.05, 0.1) is 86.4 Å². The Morgan fingerprint density at radius 1 is 0.423 bits per heavy atom. The maximum absolute atomic E-state index is 11.7. The zero-order valence-electron chi connectivity index (χ0n) is 70.7. The monoisotopic (exact) mass is 1040 g/mol. The highest BCUT2D eigenvalue weighted by atomic mass is 16.3. The summed E-state index contributed by atoms with van der Waals surface area (Å²) in [6, 6.07) is -15.9. The molecule has 7 heteroatoms. The molecule has 0 atom stereocenters. The van der Waals surface area contributed by atoms with Crippen LogP contribution in [-0.4, -0.2) is 15.8 Å². The summed E-state index contributed by atoms with van der Waals surface area (Å²) in [6.45, 7) is 18.6. The largest absolute Gasteiger partial charge is 0.456 e. The van der Waals surface area contributed by atoms with Gasteiger partial charge < -0.3 is 23.4 Å². The van der Waals surface area contributed by atoms with Crippen LogP contribution in [0.25, 0.3) is 76.9 Å².